The molecule has 0 radical (unpaired) electrons. The van der Waals surface area contributed by atoms with Crippen LogP contribution in [-0.2, 0) is 0 Å². The van der Waals surface area contributed by atoms with Crippen molar-refractivity contribution in [1.82, 2.24) is 19.5 Å². The van der Waals surface area contributed by atoms with Crippen molar-refractivity contribution < 1.29 is 0 Å². The van der Waals surface area contributed by atoms with Crippen LogP contribution in [0.2, 0.25) is 0 Å². The van der Waals surface area contributed by atoms with Crippen LogP contribution in [0.4, 0.5) is 0 Å². The van der Waals surface area contributed by atoms with Gasteiger partial charge >= 0.3 is 0 Å². The van der Waals surface area contributed by atoms with E-state index in [1.165, 1.54) is 0 Å². The molecule has 0 aliphatic heterocycles. The fraction of sp³-hybridized carbons (Fsp3) is 0.0267. The summed E-state index contributed by atoms with van der Waals surface area (Å²) in [6.07, 6.45) is 17.1. The van der Waals surface area contributed by atoms with Crippen molar-refractivity contribution >= 4 is 27.4 Å². The van der Waals surface area contributed by atoms with E-state index in [-0.39, 0.29) is 0 Å². The molecule has 374 valence electrons. The molecule has 0 saturated heterocycles. The Balaban J connectivity index is 1.18. The van der Waals surface area contributed by atoms with Crippen LogP contribution in [0.25, 0.3) is 123 Å². The first-order valence-corrected chi connectivity index (χ1v) is 26.9. The molecule has 1 atom stereocenters. The molecule has 0 N–H and O–H groups in total. The van der Waals surface area contributed by atoms with Gasteiger partial charge in [0.15, 0.2) is 17.5 Å². The van der Waals surface area contributed by atoms with Gasteiger partial charge < -0.3 is 4.57 Å². The fourth-order valence-corrected chi connectivity index (χ4v) is 11.1. The van der Waals surface area contributed by atoms with Crippen molar-refractivity contribution in [3.63, 3.8) is 0 Å². The third-order valence-electron chi connectivity index (χ3n) is 15.0. The molecule has 2 heterocycles. The summed E-state index contributed by atoms with van der Waals surface area (Å²) in [7, 11) is 0. The van der Waals surface area contributed by atoms with E-state index < -0.39 is 5.41 Å². The van der Waals surface area contributed by atoms with E-state index >= 15 is 0 Å². The minimum Gasteiger partial charge on any atom is -0.307 e. The van der Waals surface area contributed by atoms with E-state index in [9.17, 15) is 0 Å². The van der Waals surface area contributed by atoms with Crippen LogP contribution in [0.3, 0.4) is 0 Å². The Morgan fingerprint density at radius 3 is 1.38 bits per heavy atom. The molecule has 0 spiro atoms. The second kappa shape index (κ2) is 21.0. The number of aromatic nitrogens is 4. The van der Waals surface area contributed by atoms with Crippen LogP contribution >= 0.6 is 0 Å². The molecule has 0 fully saturated rings. The highest BCUT2D eigenvalue weighted by Gasteiger charge is 2.29. The minimum atomic E-state index is -0.398. The normalized spacial score (nSPS) is 14.2. The van der Waals surface area contributed by atoms with Gasteiger partial charge in [0.2, 0.25) is 0 Å². The van der Waals surface area contributed by atoms with Crippen molar-refractivity contribution in [3.8, 4) is 95.5 Å². The second-order valence-corrected chi connectivity index (χ2v) is 20.3. The lowest BCUT2D eigenvalue weighted by atomic mass is 9.89. The van der Waals surface area contributed by atoms with Crippen molar-refractivity contribution in [1.29, 1.82) is 0 Å². The maximum Gasteiger partial charge on any atom is 0.164 e. The summed E-state index contributed by atoms with van der Waals surface area (Å²) in [5, 5.41) is 2.31. The Labute approximate surface area is 461 Å². The largest absolute Gasteiger partial charge is 0.307 e. The predicted molar refractivity (Wildman–Crippen MR) is 331 cm³/mol. The molecular weight excluding hydrogens is 957 g/mol. The van der Waals surface area contributed by atoms with E-state index in [0.717, 1.165) is 111 Å². The highest BCUT2D eigenvalue weighted by molar-refractivity contribution is 6.17. The number of fused-ring (bicyclic) bond motifs is 3. The van der Waals surface area contributed by atoms with Crippen molar-refractivity contribution in [2.75, 3.05) is 0 Å². The van der Waals surface area contributed by atoms with Gasteiger partial charge in [-0.15, -0.1) is 0 Å². The zero-order valence-corrected chi connectivity index (χ0v) is 43.8. The summed E-state index contributed by atoms with van der Waals surface area (Å²) < 4.78 is 2.56. The molecule has 1 aliphatic rings. The van der Waals surface area contributed by atoms with Crippen LogP contribution in [-0.4, -0.2) is 19.5 Å². The van der Waals surface area contributed by atoms with Gasteiger partial charge in [-0.2, -0.15) is 0 Å². The lowest BCUT2D eigenvalue weighted by Gasteiger charge is -2.23. The topological polar surface area (TPSA) is 43.6 Å². The number of hydrogen-bond acceptors (Lipinski definition) is 3. The first-order valence-electron chi connectivity index (χ1n) is 26.9. The summed E-state index contributed by atoms with van der Waals surface area (Å²) in [6, 6.07) is 88.8. The third-order valence-corrected chi connectivity index (χ3v) is 15.0. The van der Waals surface area contributed by atoms with Crippen molar-refractivity contribution in [2.24, 2.45) is 5.41 Å². The third kappa shape index (κ3) is 9.58. The summed E-state index contributed by atoms with van der Waals surface area (Å²) in [5.74, 6) is 1.79. The molecule has 1 unspecified atom stereocenters. The van der Waals surface area contributed by atoms with Gasteiger partial charge in [0, 0.05) is 49.6 Å². The molecule has 4 heteroatoms. The highest BCUT2D eigenvalue weighted by atomic mass is 15.0. The molecule has 0 saturated carbocycles. The Morgan fingerprint density at radius 1 is 0.380 bits per heavy atom. The second-order valence-electron chi connectivity index (χ2n) is 20.3. The summed E-state index contributed by atoms with van der Waals surface area (Å²) >= 11 is 0. The molecule has 4 nitrogen and oxygen atoms in total. The molecule has 13 rings (SSSR count). The molecule has 0 amide bonds. The van der Waals surface area contributed by atoms with Crippen LogP contribution in [0.5, 0.6) is 0 Å². The first-order chi connectivity index (χ1) is 39.0. The van der Waals surface area contributed by atoms with Crippen LogP contribution in [0.1, 0.15) is 12.5 Å². The molecule has 0 bridgehead atoms. The SMILES string of the molecule is C=C/C=C\C=C/C1(C)C=CC(c2cc(-c3nc(-c4ccccc4)nc(-c4ccccc4)n3)cc(-c3ccc(-c4ccccc4)cc3)c2-n2c3ccc(-c4ccccc4)cc3c3cc(-c4ccccc4)cc(-c4ccccc4)c32)=C1. The monoisotopic (exact) mass is 1010 g/mol. The lowest BCUT2D eigenvalue weighted by Crippen LogP contribution is -2.06. The van der Waals surface area contributed by atoms with Gasteiger partial charge in [-0.3, -0.25) is 0 Å². The maximum atomic E-state index is 5.37. The maximum absolute atomic E-state index is 5.37. The Kier molecular flexibility index (Phi) is 12.9. The van der Waals surface area contributed by atoms with E-state index in [4.69, 9.17) is 15.0 Å². The van der Waals surface area contributed by atoms with Gasteiger partial charge in [-0.1, -0.05) is 268 Å². The minimum absolute atomic E-state index is 0.398. The van der Waals surface area contributed by atoms with Gasteiger partial charge in [-0.05, 0) is 93.4 Å². The number of benzene rings is 10. The molecule has 1 aliphatic carbocycles. The molecule has 10 aromatic carbocycles. The molecule has 12 aromatic rings. The van der Waals surface area contributed by atoms with E-state index in [2.05, 4.69) is 261 Å². The number of hydrogen-bond donors (Lipinski definition) is 0. The summed E-state index contributed by atoms with van der Waals surface area (Å²) in [5.41, 5.74) is 18.9. The molecule has 79 heavy (non-hydrogen) atoms. The fourth-order valence-electron chi connectivity index (χ4n) is 11.1. The quantitative estimate of drug-likeness (QED) is 0.108. The average molecular weight is 1010 g/mol. The van der Waals surface area contributed by atoms with Crippen molar-refractivity contribution in [2.45, 2.75) is 6.92 Å². The van der Waals surface area contributed by atoms with Crippen LogP contribution < -0.4 is 0 Å². The Morgan fingerprint density at radius 2 is 0.810 bits per heavy atom. The number of rotatable bonds is 13. The Bertz CT molecular complexity index is 4270. The van der Waals surface area contributed by atoms with Gasteiger partial charge in [0.1, 0.15) is 0 Å². The van der Waals surface area contributed by atoms with Gasteiger partial charge in [0.25, 0.3) is 0 Å². The lowest BCUT2D eigenvalue weighted by molar-refractivity contribution is 0.730. The number of allylic oxidation sites excluding steroid dienone is 9. The van der Waals surface area contributed by atoms with Crippen LogP contribution in [0.15, 0.2) is 304 Å². The standard InChI is InChI=1S/C75H54N4/c1-3-4-5-24-44-75(2)45-43-61(51-75)66-50-63(74-77-72(58-33-20-10-21-34-58)76-73(78-74)59-35-22-11-23-36-59)49-65(57-39-37-55(38-40-57)52-25-12-6-13-26-52)70(66)79-69-42-41-60(53-27-14-7-15-28-53)46-67(69)68-48-62(54-29-16-8-17-30-54)47-64(71(68)79)56-31-18-9-19-32-56/h3-51H,1H2,2H3/b5-4-,44-24-. The first kappa shape index (κ1) is 48.4. The van der Waals surface area contributed by atoms with Crippen molar-refractivity contribution in [3.05, 3.63) is 309 Å². The predicted octanol–water partition coefficient (Wildman–Crippen LogP) is 19.6. The van der Waals surface area contributed by atoms with Gasteiger partial charge in [0.05, 0.1) is 16.7 Å². The van der Waals surface area contributed by atoms with E-state index in [1.54, 1.807) is 6.08 Å². The van der Waals surface area contributed by atoms with Crippen LogP contribution in [0, 0.1) is 5.41 Å². The summed E-state index contributed by atoms with van der Waals surface area (Å²) in [6.45, 7) is 6.17. The van der Waals surface area contributed by atoms with E-state index in [1.807, 2.05) is 48.6 Å². The highest BCUT2D eigenvalue weighted by Crippen LogP contribution is 2.49. The molecule has 2 aromatic heterocycles. The average Bonchev–Trinajstić information content (AvgIpc) is 3.88. The zero-order valence-electron chi connectivity index (χ0n) is 43.8. The smallest absolute Gasteiger partial charge is 0.164 e. The van der Waals surface area contributed by atoms with E-state index in [0.29, 0.717) is 17.5 Å². The molecular formula is C75H54N4. The Hall–Kier alpha value is -10.3. The number of nitrogens with zero attached hydrogens (tertiary/aromatic N) is 4. The van der Waals surface area contributed by atoms with Gasteiger partial charge in [-0.25, -0.2) is 15.0 Å². The summed E-state index contributed by atoms with van der Waals surface area (Å²) in [4.78, 5) is 15.9. The zero-order chi connectivity index (χ0) is 53.1.